The number of aromatic amines is 1. The Morgan fingerprint density at radius 3 is 2.86 bits per heavy atom. The summed E-state index contributed by atoms with van der Waals surface area (Å²) in [5.74, 6) is -1.27. The number of fused-ring (bicyclic) bond motifs is 1. The van der Waals surface area contributed by atoms with Crippen LogP contribution >= 0.6 is 11.6 Å². The maximum absolute atomic E-state index is 13.5. The summed E-state index contributed by atoms with van der Waals surface area (Å²) in [5.41, 5.74) is 0.586. The van der Waals surface area contributed by atoms with E-state index in [-0.39, 0.29) is 40.1 Å². The molecule has 0 bridgehead atoms. The number of aromatic nitrogens is 1. The van der Waals surface area contributed by atoms with E-state index in [0.717, 1.165) is 12.1 Å². The Morgan fingerprint density at radius 2 is 2.18 bits per heavy atom. The number of aryl methyl sites for hydroxylation is 1. The smallest absolute Gasteiger partial charge is 0.339 e. The van der Waals surface area contributed by atoms with E-state index < -0.39 is 34.0 Å². The minimum Gasteiger partial charge on any atom is -0.491 e. The summed E-state index contributed by atoms with van der Waals surface area (Å²) in [7, 11) is -4.12. The first-order valence-corrected chi connectivity index (χ1v) is 10.2. The summed E-state index contributed by atoms with van der Waals surface area (Å²) in [6.07, 6.45) is -1.31. The number of aliphatic hydroxyl groups excluding tert-OH is 1. The Labute approximate surface area is 165 Å². The van der Waals surface area contributed by atoms with Gasteiger partial charge in [0.2, 0.25) is 0 Å². The Bertz CT molecular complexity index is 1020. The predicted molar refractivity (Wildman–Crippen MR) is 97.5 cm³/mol. The molecule has 3 rings (SSSR count). The van der Waals surface area contributed by atoms with Gasteiger partial charge >= 0.3 is 5.97 Å². The summed E-state index contributed by atoms with van der Waals surface area (Å²) < 4.78 is 51.5. The van der Waals surface area contributed by atoms with Crippen molar-refractivity contribution in [3.8, 4) is 5.75 Å². The summed E-state index contributed by atoms with van der Waals surface area (Å²) >= 11 is 5.73. The number of halogens is 2. The third kappa shape index (κ3) is 3.86. The number of rotatable bonds is 5. The molecule has 1 aromatic carbocycles. The number of carbonyl (C=O) groups excluding carboxylic acids is 1. The van der Waals surface area contributed by atoms with Gasteiger partial charge in [-0.15, -0.1) is 0 Å². The van der Waals surface area contributed by atoms with Crippen LogP contribution in [0.3, 0.4) is 0 Å². The first-order chi connectivity index (χ1) is 13.1. The number of hydrogen-bond donors (Lipinski definition) is 3. The van der Waals surface area contributed by atoms with Crippen molar-refractivity contribution in [3.63, 3.8) is 0 Å². The number of carbonyl (C=O) groups is 1. The molecule has 8 nitrogen and oxygen atoms in total. The molecular formula is C17H18ClFN2O6S. The van der Waals surface area contributed by atoms with Crippen molar-refractivity contribution < 1.29 is 32.2 Å². The highest BCUT2D eigenvalue weighted by molar-refractivity contribution is 7.89. The lowest BCUT2D eigenvalue weighted by Gasteiger charge is -2.30. The Balaban J connectivity index is 1.84. The molecule has 2 aromatic rings. The number of esters is 1. The maximum atomic E-state index is 13.5. The number of benzene rings is 1. The molecule has 0 fully saturated rings. The summed E-state index contributed by atoms with van der Waals surface area (Å²) in [4.78, 5) is 14.5. The minimum absolute atomic E-state index is 0.0881. The number of hydrogen-bond acceptors (Lipinski definition) is 6. The second-order valence-electron chi connectivity index (χ2n) is 6.18. The quantitative estimate of drug-likeness (QED) is 0.622. The van der Waals surface area contributed by atoms with Crippen LogP contribution in [-0.2, 0) is 14.8 Å². The van der Waals surface area contributed by atoms with Crippen LogP contribution in [-0.4, -0.2) is 43.7 Å². The summed E-state index contributed by atoms with van der Waals surface area (Å²) in [5, 5.41) is 10.0. The zero-order chi connectivity index (χ0) is 20.6. The molecule has 2 heterocycles. The Morgan fingerprint density at radius 1 is 1.46 bits per heavy atom. The van der Waals surface area contributed by atoms with Gasteiger partial charge in [0.05, 0.1) is 23.2 Å². The number of sulfonamides is 1. The molecule has 0 aliphatic carbocycles. The van der Waals surface area contributed by atoms with Gasteiger partial charge in [-0.05, 0) is 26.0 Å². The number of nitrogens with one attached hydrogen (secondary N) is 2. The molecule has 0 radical (unpaired) electrons. The Hall–Kier alpha value is -2.14. The fourth-order valence-corrected chi connectivity index (χ4v) is 4.30. The number of ether oxygens (including phenoxy) is 2. The van der Waals surface area contributed by atoms with Crippen LogP contribution < -0.4 is 9.46 Å². The standard InChI is InChI=1S/C17H18ClFN2O6S/c1-3-26-17(23)9-5-15(20-8(9)2)28(24,25)21-13-7-27-14-6-12(19)11(18)4-10(14)16(13)22/h4-6,13,16,20-22H,3,7H2,1-2H3/t13-,16+/m1/s1. The molecule has 0 spiro atoms. The van der Waals surface area contributed by atoms with E-state index >= 15 is 0 Å². The average molecular weight is 433 g/mol. The lowest BCUT2D eigenvalue weighted by molar-refractivity contribution is 0.0525. The lowest BCUT2D eigenvalue weighted by atomic mass is 10.00. The molecule has 28 heavy (non-hydrogen) atoms. The zero-order valence-electron chi connectivity index (χ0n) is 15.0. The lowest BCUT2D eigenvalue weighted by Crippen LogP contribution is -2.45. The second kappa shape index (κ2) is 7.70. The van der Waals surface area contributed by atoms with Gasteiger partial charge in [-0.3, -0.25) is 0 Å². The molecule has 3 N–H and O–H groups in total. The van der Waals surface area contributed by atoms with Gasteiger partial charge in [0.1, 0.15) is 29.3 Å². The predicted octanol–water partition coefficient (Wildman–Crippen LogP) is 2.07. The molecule has 152 valence electrons. The van der Waals surface area contributed by atoms with E-state index in [4.69, 9.17) is 21.1 Å². The van der Waals surface area contributed by atoms with Crippen LogP contribution in [0.5, 0.6) is 5.75 Å². The van der Waals surface area contributed by atoms with E-state index in [2.05, 4.69) is 9.71 Å². The first-order valence-electron chi connectivity index (χ1n) is 8.33. The Kier molecular flexibility index (Phi) is 5.67. The zero-order valence-corrected chi connectivity index (χ0v) is 16.5. The van der Waals surface area contributed by atoms with Crippen molar-refractivity contribution in [1.29, 1.82) is 0 Å². The van der Waals surface area contributed by atoms with Crippen molar-refractivity contribution >= 4 is 27.6 Å². The van der Waals surface area contributed by atoms with Crippen molar-refractivity contribution in [2.45, 2.75) is 31.0 Å². The maximum Gasteiger partial charge on any atom is 0.339 e. The average Bonchev–Trinajstić information content (AvgIpc) is 3.02. The highest BCUT2D eigenvalue weighted by Crippen LogP contribution is 2.36. The molecule has 0 amide bonds. The minimum atomic E-state index is -4.12. The SMILES string of the molecule is CCOC(=O)c1cc(S(=O)(=O)N[C@@H]2COc3cc(F)c(Cl)cc3[C@@H]2O)[nH]c1C. The van der Waals surface area contributed by atoms with Crippen LogP contribution in [0.1, 0.15) is 34.6 Å². The fraction of sp³-hybridized carbons (Fsp3) is 0.353. The van der Waals surface area contributed by atoms with Crippen LogP contribution in [0.25, 0.3) is 0 Å². The largest absolute Gasteiger partial charge is 0.491 e. The van der Waals surface area contributed by atoms with Gasteiger partial charge < -0.3 is 19.6 Å². The number of H-pyrrole nitrogens is 1. The fourth-order valence-electron chi connectivity index (χ4n) is 2.84. The molecule has 0 unspecified atom stereocenters. The molecule has 0 saturated carbocycles. The van der Waals surface area contributed by atoms with Crippen LogP contribution in [0.2, 0.25) is 5.02 Å². The molecule has 11 heteroatoms. The van der Waals surface area contributed by atoms with Crippen molar-refractivity contribution in [3.05, 3.63) is 45.9 Å². The van der Waals surface area contributed by atoms with E-state index in [0.29, 0.717) is 5.69 Å². The molecule has 1 aliphatic rings. The third-order valence-electron chi connectivity index (χ3n) is 4.25. The van der Waals surface area contributed by atoms with Crippen LogP contribution in [0, 0.1) is 12.7 Å². The molecule has 1 aliphatic heterocycles. The normalized spacial score (nSPS) is 19.0. The van der Waals surface area contributed by atoms with Gasteiger partial charge in [-0.1, -0.05) is 11.6 Å². The topological polar surface area (TPSA) is 118 Å². The van der Waals surface area contributed by atoms with E-state index in [1.807, 2.05) is 0 Å². The molecule has 0 saturated heterocycles. The van der Waals surface area contributed by atoms with E-state index in [9.17, 15) is 22.7 Å². The van der Waals surface area contributed by atoms with Crippen LogP contribution in [0.15, 0.2) is 23.2 Å². The molecular weight excluding hydrogens is 415 g/mol. The van der Waals surface area contributed by atoms with Gasteiger partial charge in [0, 0.05) is 17.3 Å². The highest BCUT2D eigenvalue weighted by Gasteiger charge is 2.34. The number of aliphatic hydroxyl groups is 1. The van der Waals surface area contributed by atoms with E-state index in [1.54, 1.807) is 6.92 Å². The van der Waals surface area contributed by atoms with Crippen molar-refractivity contribution in [2.24, 2.45) is 0 Å². The van der Waals surface area contributed by atoms with E-state index in [1.165, 1.54) is 13.0 Å². The summed E-state index contributed by atoms with van der Waals surface area (Å²) in [6, 6.07) is 2.33. The van der Waals surface area contributed by atoms with Crippen molar-refractivity contribution in [1.82, 2.24) is 9.71 Å². The monoisotopic (exact) mass is 432 g/mol. The van der Waals surface area contributed by atoms with Gasteiger partial charge in [0.25, 0.3) is 10.0 Å². The molecule has 1 aromatic heterocycles. The van der Waals surface area contributed by atoms with Gasteiger partial charge in [-0.25, -0.2) is 22.3 Å². The second-order valence-corrected chi connectivity index (χ2v) is 8.27. The van der Waals surface area contributed by atoms with Gasteiger partial charge in [-0.2, -0.15) is 0 Å². The highest BCUT2D eigenvalue weighted by atomic mass is 35.5. The summed E-state index contributed by atoms with van der Waals surface area (Å²) in [6.45, 7) is 3.10. The van der Waals surface area contributed by atoms with Crippen molar-refractivity contribution in [2.75, 3.05) is 13.2 Å². The van der Waals surface area contributed by atoms with Gasteiger partial charge in [0.15, 0.2) is 0 Å². The van der Waals surface area contributed by atoms with Crippen LogP contribution in [0.4, 0.5) is 4.39 Å². The first kappa shape index (κ1) is 20.6. The third-order valence-corrected chi connectivity index (χ3v) is 5.95. The molecule has 2 atom stereocenters.